The topological polar surface area (TPSA) is 241 Å². The molecule has 0 aliphatic carbocycles. The smallest absolute Gasteiger partial charge is 0.0742 e. The van der Waals surface area contributed by atoms with Crippen molar-refractivity contribution in [2.45, 2.75) is 39.1 Å². The minimum atomic E-state index is -0.560. The summed E-state index contributed by atoms with van der Waals surface area (Å²) < 4.78 is 8.69. The van der Waals surface area contributed by atoms with E-state index in [0.29, 0.717) is 6.61 Å². The molecule has 13 heteroatoms. The van der Waals surface area contributed by atoms with Crippen molar-refractivity contribution in [1.29, 1.82) is 0 Å². The molecule has 0 aliphatic rings. The predicted molar refractivity (Wildman–Crippen MR) is 117 cm³/mol. The Morgan fingerprint density at radius 2 is 0.645 bits per heavy atom. The van der Waals surface area contributed by atoms with Crippen LogP contribution in [0.25, 0.3) is 0 Å². The van der Waals surface area contributed by atoms with Gasteiger partial charge in [-0.05, 0) is 20.8 Å². The van der Waals surface area contributed by atoms with Crippen molar-refractivity contribution < 1.29 is 65.6 Å². The van der Waals surface area contributed by atoms with Gasteiger partial charge in [-0.25, -0.2) is 0 Å². The molecule has 0 saturated heterocycles. The van der Waals surface area contributed by atoms with E-state index in [2.05, 4.69) is 9.47 Å². The van der Waals surface area contributed by atoms with Crippen molar-refractivity contribution >= 4 is 0 Å². The van der Waals surface area contributed by atoms with Gasteiger partial charge in [-0.1, -0.05) is 0 Å². The van der Waals surface area contributed by atoms with E-state index in [9.17, 15) is 0 Å². The molecule has 13 nitrogen and oxygen atoms in total. The van der Waals surface area contributed by atoms with E-state index < -0.39 is 18.3 Å². The van der Waals surface area contributed by atoms with Crippen LogP contribution in [0.3, 0.4) is 0 Å². The molecule has 3 atom stereocenters. The normalized spacial score (nSPS) is 11.1. The minimum Gasteiger partial charge on any atom is -0.394 e. The molecule has 0 bridgehead atoms. The number of rotatable bonds is 7. The van der Waals surface area contributed by atoms with Crippen LogP contribution in [-0.2, 0) is 9.47 Å². The first-order valence-electron chi connectivity index (χ1n) is 9.27. The maximum absolute atomic E-state index is 8.11. The lowest BCUT2D eigenvalue weighted by molar-refractivity contribution is 0.110. The summed E-state index contributed by atoms with van der Waals surface area (Å²) in [6, 6.07) is 0. The highest BCUT2D eigenvalue weighted by atomic mass is 16.5. The van der Waals surface area contributed by atoms with E-state index in [-0.39, 0.29) is 52.9 Å². The Balaban J connectivity index is -0.0000000436. The fourth-order valence-electron chi connectivity index (χ4n) is 0.0913. The number of ether oxygens (including phenoxy) is 2. The van der Waals surface area contributed by atoms with E-state index >= 15 is 0 Å². The number of hydrogen-bond donors (Lipinski definition) is 11. The van der Waals surface area contributed by atoms with Crippen molar-refractivity contribution in [2.24, 2.45) is 0 Å². The summed E-state index contributed by atoms with van der Waals surface area (Å²) in [5, 5.41) is 86.5. The number of aliphatic hydroxyl groups excluding tert-OH is 11. The maximum atomic E-state index is 8.11. The molecule has 0 aliphatic heterocycles. The first-order chi connectivity index (χ1) is 14.5. The van der Waals surface area contributed by atoms with Gasteiger partial charge in [-0.3, -0.25) is 0 Å². The minimum absolute atomic E-state index is 0.122. The van der Waals surface area contributed by atoms with Gasteiger partial charge in [0.1, 0.15) is 0 Å². The van der Waals surface area contributed by atoms with Crippen LogP contribution in [0.4, 0.5) is 0 Å². The molecule has 0 aromatic rings. The van der Waals surface area contributed by atoms with Gasteiger partial charge in [0.15, 0.2) is 0 Å². The molecule has 0 radical (unpaired) electrons. The van der Waals surface area contributed by atoms with E-state index in [1.807, 2.05) is 0 Å². The lowest BCUT2D eigenvalue weighted by Crippen LogP contribution is -2.03. The van der Waals surface area contributed by atoms with Gasteiger partial charge in [0.25, 0.3) is 0 Å². The summed E-state index contributed by atoms with van der Waals surface area (Å²) in [5.41, 5.74) is 0. The standard InChI is InChI=1S/4C3H8O2.2C2H6O2.C2H6O/c1-5-3-2-4;3*1-3(5)2-4;2*3-1-2-4;1-3-2/h4H,2-3H2,1H3;3*3-5H,2H2,1H3;2*3-4H,1-2H2;1-2H3. The summed E-state index contributed by atoms with van der Waals surface area (Å²) in [6.07, 6.45) is -1.68. The molecule has 0 rings (SSSR count). The van der Waals surface area contributed by atoms with Crippen LogP contribution in [0.5, 0.6) is 0 Å². The Bertz CT molecular complexity index is 168. The average molecular weight is 475 g/mol. The summed E-state index contributed by atoms with van der Waals surface area (Å²) in [7, 11) is 4.80. The zero-order chi connectivity index (χ0) is 26.5. The van der Waals surface area contributed by atoms with Crippen LogP contribution in [0, 0.1) is 0 Å². The molecule has 200 valence electrons. The van der Waals surface area contributed by atoms with Gasteiger partial charge in [-0.2, -0.15) is 0 Å². The zero-order valence-electron chi connectivity index (χ0n) is 19.8. The Labute approximate surface area is 186 Å². The Kier molecular flexibility index (Phi) is 97.7. The van der Waals surface area contributed by atoms with Gasteiger partial charge in [0.05, 0.1) is 77.8 Å². The second-order valence-corrected chi connectivity index (χ2v) is 5.11. The Hall–Kier alpha value is -0.520. The molecule has 0 saturated carbocycles. The van der Waals surface area contributed by atoms with E-state index in [1.54, 1.807) is 21.3 Å². The molecule has 3 unspecified atom stereocenters. The third-order valence-corrected chi connectivity index (χ3v) is 1.29. The lowest BCUT2D eigenvalue weighted by Gasteiger charge is -1.90. The van der Waals surface area contributed by atoms with E-state index in [1.165, 1.54) is 20.8 Å². The van der Waals surface area contributed by atoms with Gasteiger partial charge in [0.2, 0.25) is 0 Å². The first-order valence-corrected chi connectivity index (χ1v) is 9.27. The van der Waals surface area contributed by atoms with Crippen LogP contribution in [0.15, 0.2) is 0 Å². The Morgan fingerprint density at radius 1 is 0.484 bits per heavy atom. The average Bonchev–Trinajstić information content (AvgIpc) is 2.76. The highest BCUT2D eigenvalue weighted by Crippen LogP contribution is 1.69. The fourth-order valence-corrected chi connectivity index (χ4v) is 0.0913. The number of methoxy groups -OCH3 is 2. The molecule has 31 heavy (non-hydrogen) atoms. The van der Waals surface area contributed by atoms with Crippen molar-refractivity contribution in [3.63, 3.8) is 0 Å². The molecule has 0 amide bonds. The summed E-state index contributed by atoms with van der Waals surface area (Å²) in [5.74, 6) is 0. The second kappa shape index (κ2) is 63.0. The zero-order valence-corrected chi connectivity index (χ0v) is 19.8. The van der Waals surface area contributed by atoms with Crippen molar-refractivity contribution in [1.82, 2.24) is 0 Å². The molecule has 0 heterocycles. The van der Waals surface area contributed by atoms with Crippen LogP contribution in [0.2, 0.25) is 0 Å². The highest BCUT2D eigenvalue weighted by molar-refractivity contribution is 4.34. The van der Waals surface area contributed by atoms with Gasteiger partial charge in [0, 0.05) is 21.3 Å². The van der Waals surface area contributed by atoms with Crippen molar-refractivity contribution in [3.8, 4) is 0 Å². The summed E-state index contributed by atoms with van der Waals surface area (Å²) in [4.78, 5) is 0. The van der Waals surface area contributed by atoms with Gasteiger partial charge >= 0.3 is 0 Å². The quantitative estimate of drug-likeness (QED) is 0.168. The summed E-state index contributed by atoms with van der Waals surface area (Å²) in [6.45, 7) is 4.23. The number of aliphatic hydroxyl groups is 11. The predicted octanol–water partition coefficient (Wildman–Crippen LogP) is -4.09. The maximum Gasteiger partial charge on any atom is 0.0742 e. The largest absolute Gasteiger partial charge is 0.394 e. The fraction of sp³-hybridized carbons (Fsp3) is 1.00. The SMILES string of the molecule is CC(O)CO.CC(O)CO.CC(O)CO.COC.COCCO.OCCO.OCCO. The monoisotopic (exact) mass is 474 g/mol. The van der Waals surface area contributed by atoms with Gasteiger partial charge in [-0.15, -0.1) is 0 Å². The first kappa shape index (κ1) is 48.0. The van der Waals surface area contributed by atoms with E-state index in [4.69, 9.17) is 56.2 Å². The molecule has 0 aromatic carbocycles. The molecule has 0 aromatic heterocycles. The lowest BCUT2D eigenvalue weighted by atomic mass is 10.5. The van der Waals surface area contributed by atoms with Crippen LogP contribution >= 0.6 is 0 Å². The van der Waals surface area contributed by atoms with Crippen molar-refractivity contribution in [3.05, 3.63) is 0 Å². The third-order valence-electron chi connectivity index (χ3n) is 1.29. The Morgan fingerprint density at radius 3 is 0.645 bits per heavy atom. The highest BCUT2D eigenvalue weighted by Gasteiger charge is 1.84. The molecule has 11 N–H and O–H groups in total. The molecular formula is C18H50O13. The van der Waals surface area contributed by atoms with Crippen LogP contribution in [-0.4, -0.2) is 155 Å². The molecular weight excluding hydrogens is 424 g/mol. The van der Waals surface area contributed by atoms with E-state index in [0.717, 1.165) is 0 Å². The second-order valence-electron chi connectivity index (χ2n) is 5.11. The molecule has 0 spiro atoms. The summed E-state index contributed by atoms with van der Waals surface area (Å²) >= 11 is 0. The molecule has 0 fully saturated rings. The third kappa shape index (κ3) is 248. The van der Waals surface area contributed by atoms with Crippen molar-refractivity contribution in [2.75, 3.05) is 80.8 Å². The van der Waals surface area contributed by atoms with Crippen LogP contribution < -0.4 is 0 Å². The van der Waals surface area contributed by atoms with Gasteiger partial charge < -0.3 is 65.6 Å². The van der Waals surface area contributed by atoms with Crippen LogP contribution in [0.1, 0.15) is 20.8 Å². The number of hydrogen-bond acceptors (Lipinski definition) is 13.